The van der Waals surface area contributed by atoms with Crippen molar-refractivity contribution in [3.63, 3.8) is 0 Å². The van der Waals surface area contributed by atoms with Crippen LogP contribution in [0.15, 0.2) is 24.3 Å². The quantitative estimate of drug-likeness (QED) is 0.155. The second-order valence-corrected chi connectivity index (χ2v) is 12.5. The molecule has 0 bridgehead atoms. The molecule has 13 heteroatoms. The molecule has 2 heterocycles. The number of rotatable bonds is 9. The summed E-state index contributed by atoms with van der Waals surface area (Å²) in [4.78, 5) is 9.45. The lowest BCUT2D eigenvalue weighted by Gasteiger charge is -2.60. The Hall–Kier alpha value is -1.15. The van der Waals surface area contributed by atoms with Crippen LogP contribution in [0.25, 0.3) is 0 Å². The topological polar surface area (TPSA) is 179 Å². The van der Waals surface area contributed by atoms with Crippen molar-refractivity contribution < 1.29 is 48.6 Å². The summed E-state index contributed by atoms with van der Waals surface area (Å²) in [7, 11) is -2.02. The van der Waals surface area contributed by atoms with E-state index in [1.54, 1.807) is 32.2 Å². The number of ether oxygens (including phenoxy) is 3. The van der Waals surface area contributed by atoms with E-state index < -0.39 is 67.8 Å². The summed E-state index contributed by atoms with van der Waals surface area (Å²) in [5, 5.41) is 51.4. The lowest BCUT2D eigenvalue weighted by molar-refractivity contribution is -0.483. The summed E-state index contributed by atoms with van der Waals surface area (Å²) in [6, 6.07) is 6.18. The van der Waals surface area contributed by atoms with Crippen LogP contribution in [0.2, 0.25) is 0 Å². The average molecular weight is 561 g/mol. The van der Waals surface area contributed by atoms with Gasteiger partial charge in [0.25, 0.3) is 0 Å². The second kappa shape index (κ2) is 11.4. The zero-order chi connectivity index (χ0) is 27.9. The van der Waals surface area contributed by atoms with Crippen LogP contribution in [0.5, 0.6) is 5.75 Å². The fourth-order valence-corrected chi connectivity index (χ4v) is 6.44. The van der Waals surface area contributed by atoms with Crippen LogP contribution in [-0.2, 0) is 25.2 Å². The molecule has 2 aliphatic heterocycles. The van der Waals surface area contributed by atoms with Crippen LogP contribution >= 0.6 is 7.60 Å². The van der Waals surface area contributed by atoms with Crippen LogP contribution in [0.4, 0.5) is 0 Å². The average Bonchev–Trinajstić information content (AvgIpc) is 2.82. The number of hydrogen-bond acceptors (Lipinski definition) is 11. The fraction of sp³-hybridized carbons (Fsp3) is 0.760. The Morgan fingerprint density at radius 1 is 1.18 bits per heavy atom. The molecule has 1 aromatic rings. The van der Waals surface area contributed by atoms with Gasteiger partial charge in [-0.05, 0) is 51.1 Å². The minimum atomic E-state index is -3.67. The van der Waals surface area contributed by atoms with Crippen molar-refractivity contribution in [3.05, 3.63) is 29.8 Å². The van der Waals surface area contributed by atoms with E-state index in [0.717, 1.165) is 12.2 Å². The number of hydrogen-bond donors (Lipinski definition) is 7. The van der Waals surface area contributed by atoms with Gasteiger partial charge in [0.05, 0.1) is 24.4 Å². The Morgan fingerprint density at radius 3 is 2.58 bits per heavy atom. The third-order valence-corrected chi connectivity index (χ3v) is 8.36. The predicted octanol–water partition coefficient (Wildman–Crippen LogP) is -0.299. The molecule has 3 fully saturated rings. The molecule has 38 heavy (non-hydrogen) atoms. The van der Waals surface area contributed by atoms with E-state index in [1.165, 1.54) is 0 Å². The number of fused-ring (bicyclic) bond motifs is 2. The molecule has 3 aliphatic rings. The first-order chi connectivity index (χ1) is 17.8. The lowest BCUT2D eigenvalue weighted by Crippen LogP contribution is -2.80. The molecule has 1 aromatic carbocycles. The van der Waals surface area contributed by atoms with Crippen molar-refractivity contribution in [2.24, 2.45) is 5.92 Å². The molecule has 4 rings (SSSR count). The van der Waals surface area contributed by atoms with E-state index in [1.807, 2.05) is 13.0 Å². The monoisotopic (exact) mass is 560 g/mol. The lowest BCUT2D eigenvalue weighted by atomic mass is 9.74. The van der Waals surface area contributed by atoms with E-state index >= 15 is 0 Å². The highest BCUT2D eigenvalue weighted by molar-refractivity contribution is 7.52. The normalized spacial score (nSPS) is 42.6. The number of benzene rings is 1. The second-order valence-electron chi connectivity index (χ2n) is 10.7. The molecule has 216 valence electrons. The van der Waals surface area contributed by atoms with Crippen molar-refractivity contribution in [2.45, 2.75) is 87.3 Å². The van der Waals surface area contributed by atoms with Gasteiger partial charge >= 0.3 is 7.60 Å². The van der Waals surface area contributed by atoms with Gasteiger partial charge in [-0.1, -0.05) is 19.1 Å². The van der Waals surface area contributed by atoms with Gasteiger partial charge in [0.15, 0.2) is 0 Å². The summed E-state index contributed by atoms with van der Waals surface area (Å²) in [6.45, 7) is 5.09. The summed E-state index contributed by atoms with van der Waals surface area (Å²) >= 11 is 0. The Balaban J connectivity index is 1.46. The maximum atomic E-state index is 11.7. The molecule has 2 saturated heterocycles. The van der Waals surface area contributed by atoms with Gasteiger partial charge in [-0.25, -0.2) is 4.57 Å². The van der Waals surface area contributed by atoms with Gasteiger partial charge < -0.3 is 54.7 Å². The molecule has 1 aliphatic carbocycles. The van der Waals surface area contributed by atoms with E-state index in [9.17, 15) is 29.9 Å². The van der Waals surface area contributed by atoms with Crippen LogP contribution < -0.4 is 15.2 Å². The van der Waals surface area contributed by atoms with Crippen LogP contribution in [-0.4, -0.2) is 106 Å². The Kier molecular flexibility index (Phi) is 8.93. The van der Waals surface area contributed by atoms with Crippen LogP contribution in [0.3, 0.4) is 0 Å². The van der Waals surface area contributed by atoms with Gasteiger partial charge in [-0.3, -0.25) is 0 Å². The Labute approximate surface area is 222 Å². The molecule has 0 spiro atoms. The van der Waals surface area contributed by atoms with Gasteiger partial charge in [-0.15, -0.1) is 0 Å². The van der Waals surface area contributed by atoms with Gasteiger partial charge in [-0.2, -0.15) is 0 Å². The van der Waals surface area contributed by atoms with E-state index in [0.29, 0.717) is 19.4 Å². The fourth-order valence-electron chi connectivity index (χ4n) is 5.93. The van der Waals surface area contributed by atoms with Gasteiger partial charge in [0.1, 0.15) is 23.6 Å². The minimum absolute atomic E-state index is 0.0479. The highest BCUT2D eigenvalue weighted by Gasteiger charge is 2.68. The number of aliphatic hydroxyl groups excluding tert-OH is 2. The minimum Gasteiger partial charge on any atom is -0.425 e. The molecule has 1 unspecified atom stereocenters. The molecule has 1 saturated carbocycles. The summed E-state index contributed by atoms with van der Waals surface area (Å²) in [6.07, 6.45) is -4.57. The Morgan fingerprint density at radius 2 is 1.92 bits per heavy atom. The molecular formula is C25H41N2O10P. The first-order valence-corrected chi connectivity index (χ1v) is 15.1. The number of nitrogens with one attached hydrogen (secondary N) is 2. The Bertz CT molecular complexity index is 1010. The molecule has 0 amide bonds. The maximum Gasteiger partial charge on any atom is 0.373 e. The zero-order valence-corrected chi connectivity index (χ0v) is 23.1. The van der Waals surface area contributed by atoms with Gasteiger partial charge in [0, 0.05) is 25.5 Å². The predicted molar refractivity (Wildman–Crippen MR) is 137 cm³/mol. The first-order valence-electron chi connectivity index (χ1n) is 13.1. The van der Waals surface area contributed by atoms with Crippen molar-refractivity contribution in [2.75, 3.05) is 26.8 Å². The number of likely N-dealkylation sites (N-methyl/N-ethyl adjacent to an activating group) is 1. The summed E-state index contributed by atoms with van der Waals surface area (Å²) in [5.41, 5.74) is -0.965. The van der Waals surface area contributed by atoms with Crippen LogP contribution in [0, 0.1) is 5.92 Å². The first kappa shape index (κ1) is 29.8. The standard InChI is InChI=1S/C25H41N2O10P/c1-5-17-19(28)18(26-3)21-22(20(17)29)35-23-25(31,36-21)24(30,12-14(2)34-23)13-27-10-9-15-7-6-8-16(11-15)37-38(4,32)33/h6-8,11,14,17-23,26-31H,5,9-10,12-13H2,1-4H3,(H,32,33)/t14-,17-,18+,19+,20+,21-,22-,23+,24-,25-/m1/s1. The van der Waals surface area contributed by atoms with E-state index in [4.69, 9.17) is 18.7 Å². The largest absolute Gasteiger partial charge is 0.425 e. The maximum absolute atomic E-state index is 11.7. The van der Waals surface area contributed by atoms with E-state index in [-0.39, 0.29) is 18.7 Å². The smallest absolute Gasteiger partial charge is 0.373 e. The van der Waals surface area contributed by atoms with E-state index in [2.05, 4.69) is 10.6 Å². The molecule has 0 aromatic heterocycles. The summed E-state index contributed by atoms with van der Waals surface area (Å²) < 4.78 is 34.6. The van der Waals surface area contributed by atoms with Crippen molar-refractivity contribution in [3.8, 4) is 5.75 Å². The zero-order valence-electron chi connectivity index (χ0n) is 22.2. The van der Waals surface area contributed by atoms with Gasteiger partial charge in [0.2, 0.25) is 12.1 Å². The van der Waals surface area contributed by atoms with Crippen molar-refractivity contribution in [1.82, 2.24) is 10.6 Å². The number of aliphatic hydroxyl groups is 4. The molecular weight excluding hydrogens is 519 g/mol. The molecule has 0 radical (unpaired) electrons. The van der Waals surface area contributed by atoms with Crippen LogP contribution in [0.1, 0.15) is 32.3 Å². The highest BCUT2D eigenvalue weighted by Crippen LogP contribution is 2.47. The highest BCUT2D eigenvalue weighted by atomic mass is 31.2. The SMILES string of the molecule is CC[C@@H]1[C@H](O)[C@H](NC)[C@H]2O[C@]3(O)[C@H](O[C@@H]2[C@H]1O)O[C@H](C)C[C@@]3(O)CNCCc1cccc(OP(C)(=O)O)c1. The third kappa shape index (κ3) is 5.82. The molecule has 12 nitrogen and oxygen atoms in total. The van der Waals surface area contributed by atoms with Crippen molar-refractivity contribution in [1.29, 1.82) is 0 Å². The summed E-state index contributed by atoms with van der Waals surface area (Å²) in [5.74, 6) is -2.44. The molecule has 7 N–H and O–H groups in total. The van der Waals surface area contributed by atoms with Crippen molar-refractivity contribution >= 4 is 7.60 Å². The molecule has 11 atom stereocenters. The third-order valence-electron chi connectivity index (χ3n) is 7.81.